The van der Waals surface area contributed by atoms with Crippen LogP contribution in [0.3, 0.4) is 0 Å². The van der Waals surface area contributed by atoms with Crippen LogP contribution in [0.5, 0.6) is 0 Å². The third-order valence-electron chi connectivity index (χ3n) is 2.66. The Balaban J connectivity index is 2.88. The first-order valence-electron chi connectivity index (χ1n) is 6.16. The standard InChI is InChI=1S/C13H18N2O4/c1-3-15(7-8-19-4-2)12(16)10-5-6-14-9-11(10)13(17)18/h5-6,9H,3-4,7-8H2,1-2H3,(H,17,18). The summed E-state index contributed by atoms with van der Waals surface area (Å²) in [6, 6.07) is 1.43. The van der Waals surface area contributed by atoms with E-state index in [4.69, 9.17) is 9.84 Å². The Labute approximate surface area is 112 Å². The van der Waals surface area contributed by atoms with Crippen LogP contribution in [-0.4, -0.2) is 53.2 Å². The summed E-state index contributed by atoms with van der Waals surface area (Å²) in [6.07, 6.45) is 2.60. The van der Waals surface area contributed by atoms with Gasteiger partial charge in [-0.1, -0.05) is 0 Å². The van der Waals surface area contributed by atoms with Crippen LogP contribution in [0, 0.1) is 0 Å². The second-order valence-electron chi connectivity index (χ2n) is 3.81. The van der Waals surface area contributed by atoms with E-state index >= 15 is 0 Å². The van der Waals surface area contributed by atoms with Gasteiger partial charge in [0, 0.05) is 32.1 Å². The lowest BCUT2D eigenvalue weighted by atomic mass is 10.1. The van der Waals surface area contributed by atoms with E-state index in [1.165, 1.54) is 18.5 Å². The molecular weight excluding hydrogens is 248 g/mol. The van der Waals surface area contributed by atoms with Gasteiger partial charge in [0.1, 0.15) is 0 Å². The molecule has 1 rings (SSSR count). The number of carboxylic acid groups (broad SMARTS) is 1. The molecule has 0 fully saturated rings. The van der Waals surface area contributed by atoms with E-state index in [2.05, 4.69) is 4.98 Å². The summed E-state index contributed by atoms with van der Waals surface area (Å²) in [4.78, 5) is 28.6. The molecule has 1 aromatic rings. The third kappa shape index (κ3) is 4.03. The van der Waals surface area contributed by atoms with Gasteiger partial charge >= 0.3 is 5.97 Å². The lowest BCUT2D eigenvalue weighted by molar-refractivity contribution is 0.0641. The topological polar surface area (TPSA) is 79.7 Å². The van der Waals surface area contributed by atoms with Gasteiger partial charge in [-0.15, -0.1) is 0 Å². The number of carboxylic acids is 1. The maximum atomic E-state index is 12.3. The number of hydrogen-bond donors (Lipinski definition) is 1. The summed E-state index contributed by atoms with van der Waals surface area (Å²) in [7, 11) is 0. The Morgan fingerprint density at radius 2 is 2.11 bits per heavy atom. The molecule has 6 nitrogen and oxygen atoms in total. The molecule has 0 radical (unpaired) electrons. The molecule has 0 saturated heterocycles. The number of likely N-dealkylation sites (N-methyl/N-ethyl adjacent to an activating group) is 1. The van der Waals surface area contributed by atoms with E-state index in [9.17, 15) is 9.59 Å². The van der Waals surface area contributed by atoms with Crippen molar-refractivity contribution in [3.8, 4) is 0 Å². The van der Waals surface area contributed by atoms with Crippen LogP contribution >= 0.6 is 0 Å². The SMILES string of the molecule is CCOCCN(CC)C(=O)c1ccncc1C(=O)O. The lowest BCUT2D eigenvalue weighted by Crippen LogP contribution is -2.34. The number of hydrogen-bond acceptors (Lipinski definition) is 4. The van der Waals surface area contributed by atoms with Crippen molar-refractivity contribution >= 4 is 11.9 Å². The first-order valence-corrected chi connectivity index (χ1v) is 6.16. The molecule has 1 amide bonds. The second kappa shape index (κ2) is 7.48. The molecule has 19 heavy (non-hydrogen) atoms. The first-order chi connectivity index (χ1) is 9.11. The molecule has 1 heterocycles. The number of pyridine rings is 1. The molecule has 104 valence electrons. The van der Waals surface area contributed by atoms with Crippen LogP contribution in [0.1, 0.15) is 34.6 Å². The largest absolute Gasteiger partial charge is 0.478 e. The highest BCUT2D eigenvalue weighted by Crippen LogP contribution is 2.10. The molecule has 0 bridgehead atoms. The Kier molecular flexibility index (Phi) is 5.95. The smallest absolute Gasteiger partial charge is 0.338 e. The highest BCUT2D eigenvalue weighted by molar-refractivity contribution is 6.04. The summed E-state index contributed by atoms with van der Waals surface area (Å²) in [5.41, 5.74) is 0.0724. The van der Waals surface area contributed by atoms with Crippen LogP contribution in [0.15, 0.2) is 18.5 Å². The molecule has 1 aromatic heterocycles. The predicted octanol–water partition coefficient (Wildman–Crippen LogP) is 1.28. The molecule has 0 unspecified atom stereocenters. The number of aromatic nitrogens is 1. The second-order valence-corrected chi connectivity index (χ2v) is 3.81. The highest BCUT2D eigenvalue weighted by Gasteiger charge is 2.20. The van der Waals surface area contributed by atoms with Crippen LogP contribution in [0.25, 0.3) is 0 Å². The van der Waals surface area contributed by atoms with E-state index < -0.39 is 5.97 Å². The Morgan fingerprint density at radius 1 is 1.37 bits per heavy atom. The van der Waals surface area contributed by atoms with Crippen molar-refractivity contribution in [1.29, 1.82) is 0 Å². The molecule has 6 heteroatoms. The average Bonchev–Trinajstić information content (AvgIpc) is 2.43. The van der Waals surface area contributed by atoms with E-state index in [0.717, 1.165) is 0 Å². The van der Waals surface area contributed by atoms with Crippen molar-refractivity contribution < 1.29 is 19.4 Å². The van der Waals surface area contributed by atoms with Crippen molar-refractivity contribution in [3.63, 3.8) is 0 Å². The van der Waals surface area contributed by atoms with Gasteiger partial charge in [-0.2, -0.15) is 0 Å². The minimum atomic E-state index is -1.16. The van der Waals surface area contributed by atoms with E-state index in [-0.39, 0.29) is 17.0 Å². The van der Waals surface area contributed by atoms with Crippen molar-refractivity contribution in [2.75, 3.05) is 26.3 Å². The van der Waals surface area contributed by atoms with Gasteiger partial charge in [-0.3, -0.25) is 9.78 Å². The fourth-order valence-corrected chi connectivity index (χ4v) is 1.64. The zero-order chi connectivity index (χ0) is 14.3. The molecule has 0 spiro atoms. The lowest BCUT2D eigenvalue weighted by Gasteiger charge is -2.21. The Bertz CT molecular complexity index is 448. The fraction of sp³-hybridized carbons (Fsp3) is 0.462. The van der Waals surface area contributed by atoms with Crippen LogP contribution in [0.2, 0.25) is 0 Å². The predicted molar refractivity (Wildman–Crippen MR) is 69.3 cm³/mol. The number of nitrogens with zero attached hydrogens (tertiary/aromatic N) is 2. The first kappa shape index (κ1) is 15.1. The number of aromatic carboxylic acids is 1. The summed E-state index contributed by atoms with van der Waals surface area (Å²) < 4.78 is 5.21. The average molecular weight is 266 g/mol. The quantitative estimate of drug-likeness (QED) is 0.752. The molecule has 0 atom stereocenters. The highest BCUT2D eigenvalue weighted by atomic mass is 16.5. The van der Waals surface area contributed by atoms with Crippen molar-refractivity contribution in [1.82, 2.24) is 9.88 Å². The summed E-state index contributed by atoms with van der Waals surface area (Å²) in [5.74, 6) is -1.47. The van der Waals surface area contributed by atoms with E-state index in [1.54, 1.807) is 4.90 Å². The molecule has 0 saturated carbocycles. The van der Waals surface area contributed by atoms with Gasteiger partial charge in [0.25, 0.3) is 5.91 Å². The third-order valence-corrected chi connectivity index (χ3v) is 2.66. The minimum absolute atomic E-state index is 0.0811. The van der Waals surface area contributed by atoms with Crippen molar-refractivity contribution in [3.05, 3.63) is 29.6 Å². The minimum Gasteiger partial charge on any atom is -0.478 e. The summed E-state index contributed by atoms with van der Waals surface area (Å²) in [6.45, 7) is 5.66. The normalized spacial score (nSPS) is 10.2. The zero-order valence-electron chi connectivity index (χ0n) is 11.1. The van der Waals surface area contributed by atoms with Gasteiger partial charge in [0.2, 0.25) is 0 Å². The van der Waals surface area contributed by atoms with Crippen molar-refractivity contribution in [2.24, 2.45) is 0 Å². The maximum Gasteiger partial charge on any atom is 0.338 e. The van der Waals surface area contributed by atoms with E-state index in [0.29, 0.717) is 26.3 Å². The zero-order valence-corrected chi connectivity index (χ0v) is 11.1. The number of carbonyl (C=O) groups excluding carboxylic acids is 1. The van der Waals surface area contributed by atoms with E-state index in [1.807, 2.05) is 13.8 Å². The summed E-state index contributed by atoms with van der Waals surface area (Å²) in [5, 5.41) is 9.05. The van der Waals surface area contributed by atoms with Gasteiger partial charge in [0.05, 0.1) is 17.7 Å². The maximum absolute atomic E-state index is 12.3. The molecule has 0 aromatic carbocycles. The Morgan fingerprint density at radius 3 is 2.68 bits per heavy atom. The monoisotopic (exact) mass is 266 g/mol. The molecule has 0 aliphatic rings. The van der Waals surface area contributed by atoms with Gasteiger partial charge in [-0.05, 0) is 19.9 Å². The number of amides is 1. The van der Waals surface area contributed by atoms with Crippen LogP contribution < -0.4 is 0 Å². The molecule has 0 aliphatic heterocycles. The van der Waals surface area contributed by atoms with Gasteiger partial charge < -0.3 is 14.7 Å². The van der Waals surface area contributed by atoms with Gasteiger partial charge in [-0.25, -0.2) is 4.79 Å². The number of rotatable bonds is 7. The number of ether oxygens (including phenoxy) is 1. The van der Waals surface area contributed by atoms with Gasteiger partial charge in [0.15, 0.2) is 0 Å². The fourth-order valence-electron chi connectivity index (χ4n) is 1.64. The Hall–Kier alpha value is -1.95. The van der Waals surface area contributed by atoms with Crippen LogP contribution in [0.4, 0.5) is 0 Å². The molecular formula is C13H18N2O4. The van der Waals surface area contributed by atoms with Crippen molar-refractivity contribution in [2.45, 2.75) is 13.8 Å². The molecule has 1 N–H and O–H groups in total. The summed E-state index contributed by atoms with van der Waals surface area (Å²) >= 11 is 0. The number of carbonyl (C=O) groups is 2. The molecule has 0 aliphatic carbocycles. The van der Waals surface area contributed by atoms with Crippen LogP contribution in [-0.2, 0) is 4.74 Å².